The highest BCUT2D eigenvalue weighted by atomic mass is 16.3. The molecule has 2 nitrogen and oxygen atoms in total. The molecule has 0 spiro atoms. The fourth-order valence-corrected chi connectivity index (χ4v) is 2.34. The monoisotopic (exact) mass is 282 g/mol. The van der Waals surface area contributed by atoms with E-state index in [0.29, 0.717) is 11.3 Å². The van der Waals surface area contributed by atoms with Crippen molar-refractivity contribution < 1.29 is 9.21 Å². The first-order valence-corrected chi connectivity index (χ1v) is 7.18. The second-order valence-electron chi connectivity index (χ2n) is 6.36. The SMILES string of the molecule is CC(=O)c1cc(/C(=C\c2ccccc2)C(C)(C)C)oc1C. The molecule has 0 saturated carbocycles. The Kier molecular flexibility index (Phi) is 4.17. The molecule has 110 valence electrons. The Labute approximate surface area is 126 Å². The molecule has 2 rings (SSSR count). The molecule has 0 aliphatic heterocycles. The molecule has 0 atom stereocenters. The number of aryl methyl sites for hydroxylation is 1. The molecule has 1 heterocycles. The van der Waals surface area contributed by atoms with E-state index in [1.807, 2.05) is 31.2 Å². The van der Waals surface area contributed by atoms with E-state index in [9.17, 15) is 4.79 Å². The fraction of sp³-hybridized carbons (Fsp3) is 0.316. The summed E-state index contributed by atoms with van der Waals surface area (Å²) in [5.41, 5.74) is 2.80. The van der Waals surface area contributed by atoms with Crippen molar-refractivity contribution in [1.29, 1.82) is 0 Å². The van der Waals surface area contributed by atoms with Crippen LogP contribution in [0.1, 0.15) is 55.1 Å². The van der Waals surface area contributed by atoms with Crippen molar-refractivity contribution in [2.75, 3.05) is 0 Å². The number of hydrogen-bond donors (Lipinski definition) is 0. The second kappa shape index (κ2) is 5.72. The van der Waals surface area contributed by atoms with E-state index in [4.69, 9.17) is 4.42 Å². The van der Waals surface area contributed by atoms with Gasteiger partial charge in [-0.25, -0.2) is 0 Å². The van der Waals surface area contributed by atoms with Crippen LogP contribution in [0.15, 0.2) is 40.8 Å². The zero-order chi connectivity index (χ0) is 15.6. The van der Waals surface area contributed by atoms with Crippen LogP contribution in [-0.2, 0) is 0 Å². The predicted molar refractivity (Wildman–Crippen MR) is 87.2 cm³/mol. The van der Waals surface area contributed by atoms with Crippen LogP contribution in [0.5, 0.6) is 0 Å². The van der Waals surface area contributed by atoms with Crippen LogP contribution in [0.25, 0.3) is 11.6 Å². The van der Waals surface area contributed by atoms with Gasteiger partial charge >= 0.3 is 0 Å². The van der Waals surface area contributed by atoms with Gasteiger partial charge in [0.1, 0.15) is 11.5 Å². The molecular formula is C19H22O2. The predicted octanol–water partition coefficient (Wildman–Crippen LogP) is 5.38. The van der Waals surface area contributed by atoms with Gasteiger partial charge in [-0.05, 0) is 37.0 Å². The van der Waals surface area contributed by atoms with Crippen molar-refractivity contribution in [3.8, 4) is 0 Å². The lowest BCUT2D eigenvalue weighted by Crippen LogP contribution is -2.07. The summed E-state index contributed by atoms with van der Waals surface area (Å²) in [7, 11) is 0. The topological polar surface area (TPSA) is 30.2 Å². The van der Waals surface area contributed by atoms with E-state index >= 15 is 0 Å². The third-order valence-corrected chi connectivity index (χ3v) is 3.48. The molecule has 2 aromatic rings. The maximum atomic E-state index is 11.6. The Morgan fingerprint density at radius 1 is 1.14 bits per heavy atom. The molecule has 1 aromatic carbocycles. The zero-order valence-electron chi connectivity index (χ0n) is 13.4. The number of rotatable bonds is 3. The number of hydrogen-bond acceptors (Lipinski definition) is 2. The maximum Gasteiger partial charge on any atom is 0.163 e. The van der Waals surface area contributed by atoms with Crippen LogP contribution < -0.4 is 0 Å². The van der Waals surface area contributed by atoms with Crippen LogP contribution in [0.3, 0.4) is 0 Å². The molecule has 0 radical (unpaired) electrons. The molecule has 0 aliphatic rings. The molecule has 0 aliphatic carbocycles. The summed E-state index contributed by atoms with van der Waals surface area (Å²) in [6, 6.07) is 12.0. The summed E-state index contributed by atoms with van der Waals surface area (Å²) < 4.78 is 5.85. The van der Waals surface area contributed by atoms with Crippen molar-refractivity contribution in [3.05, 3.63) is 59.0 Å². The molecule has 0 bridgehead atoms. The minimum Gasteiger partial charge on any atom is -0.461 e. The number of allylic oxidation sites excluding steroid dienone is 1. The Morgan fingerprint density at radius 2 is 1.76 bits per heavy atom. The number of carbonyl (C=O) groups excluding carboxylic acids is 1. The summed E-state index contributed by atoms with van der Waals surface area (Å²) in [4.78, 5) is 11.6. The largest absolute Gasteiger partial charge is 0.461 e. The summed E-state index contributed by atoms with van der Waals surface area (Å²) in [6.45, 7) is 9.84. The van der Waals surface area contributed by atoms with Crippen molar-refractivity contribution in [2.24, 2.45) is 5.41 Å². The lowest BCUT2D eigenvalue weighted by molar-refractivity contribution is 0.101. The molecule has 0 amide bonds. The fourth-order valence-electron chi connectivity index (χ4n) is 2.34. The van der Waals surface area contributed by atoms with Gasteiger partial charge in [-0.3, -0.25) is 4.79 Å². The van der Waals surface area contributed by atoms with Crippen LogP contribution in [0.2, 0.25) is 0 Å². The van der Waals surface area contributed by atoms with Crippen LogP contribution in [-0.4, -0.2) is 5.78 Å². The average Bonchev–Trinajstić information content (AvgIpc) is 2.77. The molecule has 21 heavy (non-hydrogen) atoms. The van der Waals surface area contributed by atoms with Crippen LogP contribution in [0.4, 0.5) is 0 Å². The van der Waals surface area contributed by atoms with Gasteiger partial charge in [-0.15, -0.1) is 0 Å². The quantitative estimate of drug-likeness (QED) is 0.708. The van der Waals surface area contributed by atoms with Gasteiger partial charge < -0.3 is 4.42 Å². The van der Waals surface area contributed by atoms with Crippen molar-refractivity contribution in [3.63, 3.8) is 0 Å². The number of benzene rings is 1. The summed E-state index contributed by atoms with van der Waals surface area (Å²) >= 11 is 0. The number of ketones is 1. The van der Waals surface area contributed by atoms with E-state index in [2.05, 4.69) is 39.0 Å². The van der Waals surface area contributed by atoms with E-state index in [-0.39, 0.29) is 11.2 Å². The normalized spacial score (nSPS) is 12.5. The maximum absolute atomic E-state index is 11.6. The van der Waals surface area contributed by atoms with Gasteiger partial charge in [-0.2, -0.15) is 0 Å². The first kappa shape index (κ1) is 15.3. The number of Topliss-reactive ketones (excluding diaryl/α,β-unsaturated/α-hetero) is 1. The van der Waals surface area contributed by atoms with Gasteiger partial charge in [0.25, 0.3) is 0 Å². The molecule has 0 N–H and O–H groups in total. The Morgan fingerprint density at radius 3 is 2.24 bits per heavy atom. The standard InChI is InChI=1S/C19H22O2/c1-13(20)16-12-18(21-14(16)2)17(19(3,4)5)11-15-9-7-6-8-10-15/h6-12H,1-5H3/b17-11+. The third kappa shape index (κ3) is 3.52. The molecule has 0 unspecified atom stereocenters. The van der Waals surface area contributed by atoms with Crippen molar-refractivity contribution in [2.45, 2.75) is 34.6 Å². The minimum atomic E-state index is -0.0752. The molecule has 1 aromatic heterocycles. The highest BCUT2D eigenvalue weighted by Crippen LogP contribution is 2.37. The third-order valence-electron chi connectivity index (χ3n) is 3.48. The molecule has 0 saturated heterocycles. The lowest BCUT2D eigenvalue weighted by Gasteiger charge is -2.21. The smallest absolute Gasteiger partial charge is 0.163 e. The van der Waals surface area contributed by atoms with Gasteiger partial charge in [0, 0.05) is 5.57 Å². The van der Waals surface area contributed by atoms with Gasteiger partial charge in [0.05, 0.1) is 5.56 Å². The van der Waals surface area contributed by atoms with Gasteiger partial charge in [-0.1, -0.05) is 51.1 Å². The van der Waals surface area contributed by atoms with Gasteiger partial charge in [0.2, 0.25) is 0 Å². The summed E-state index contributed by atoms with van der Waals surface area (Å²) in [5, 5.41) is 0. The second-order valence-corrected chi connectivity index (χ2v) is 6.36. The highest BCUT2D eigenvalue weighted by Gasteiger charge is 2.23. The average molecular weight is 282 g/mol. The van der Waals surface area contributed by atoms with Crippen molar-refractivity contribution >= 4 is 17.4 Å². The van der Waals surface area contributed by atoms with E-state index < -0.39 is 0 Å². The number of furan rings is 1. The molecular weight excluding hydrogens is 260 g/mol. The van der Waals surface area contributed by atoms with Crippen LogP contribution in [0, 0.1) is 12.3 Å². The first-order chi connectivity index (χ1) is 9.79. The van der Waals surface area contributed by atoms with E-state index in [1.165, 1.54) is 0 Å². The first-order valence-electron chi connectivity index (χ1n) is 7.18. The Balaban J connectivity index is 2.55. The van der Waals surface area contributed by atoms with Crippen LogP contribution >= 0.6 is 0 Å². The molecule has 0 fully saturated rings. The van der Waals surface area contributed by atoms with Crippen molar-refractivity contribution in [1.82, 2.24) is 0 Å². The summed E-state index contributed by atoms with van der Waals surface area (Å²) in [6.07, 6.45) is 2.13. The number of carbonyl (C=O) groups is 1. The zero-order valence-corrected chi connectivity index (χ0v) is 13.4. The van der Waals surface area contributed by atoms with Gasteiger partial charge in [0.15, 0.2) is 5.78 Å². The lowest BCUT2D eigenvalue weighted by atomic mass is 9.83. The van der Waals surface area contributed by atoms with E-state index in [1.54, 1.807) is 6.92 Å². The Hall–Kier alpha value is -2.09. The summed E-state index contributed by atoms with van der Waals surface area (Å²) in [5.74, 6) is 1.49. The minimum absolute atomic E-state index is 0.0375. The molecule has 2 heteroatoms. The van der Waals surface area contributed by atoms with E-state index in [0.717, 1.165) is 16.9 Å². The highest BCUT2D eigenvalue weighted by molar-refractivity contribution is 5.96. The Bertz CT molecular complexity index is 667.